The fourth-order valence-electron chi connectivity index (χ4n) is 2.41. The standard InChI is InChI=1S/C18H15ClN2O/c1-13-17(19)20-16(12-14-8-4-2-5-9-14)18(22)21(13)15-10-6-3-7-11-15/h2-11H,12H2,1H3. The number of benzene rings is 2. The highest BCUT2D eigenvalue weighted by Gasteiger charge is 2.14. The van der Waals surface area contributed by atoms with Gasteiger partial charge in [0.2, 0.25) is 0 Å². The van der Waals surface area contributed by atoms with Crippen molar-refractivity contribution in [3.8, 4) is 5.69 Å². The Kier molecular flexibility index (Phi) is 4.07. The number of halogens is 1. The molecule has 1 heterocycles. The Balaban J connectivity index is 2.14. The van der Waals surface area contributed by atoms with Gasteiger partial charge >= 0.3 is 0 Å². The highest BCUT2D eigenvalue weighted by molar-refractivity contribution is 6.30. The molecule has 0 spiro atoms. The van der Waals surface area contributed by atoms with Crippen LogP contribution in [-0.2, 0) is 6.42 Å². The third-order valence-electron chi connectivity index (χ3n) is 3.55. The lowest BCUT2D eigenvalue weighted by Crippen LogP contribution is -2.26. The predicted molar refractivity (Wildman–Crippen MR) is 88.8 cm³/mol. The van der Waals surface area contributed by atoms with Crippen molar-refractivity contribution >= 4 is 11.6 Å². The van der Waals surface area contributed by atoms with Crippen molar-refractivity contribution in [2.24, 2.45) is 0 Å². The third kappa shape index (κ3) is 2.81. The molecule has 3 rings (SSSR count). The smallest absolute Gasteiger partial charge is 0.277 e. The van der Waals surface area contributed by atoms with Gasteiger partial charge in [0.25, 0.3) is 5.56 Å². The van der Waals surface area contributed by atoms with Crippen molar-refractivity contribution < 1.29 is 0 Å². The Hall–Kier alpha value is -2.39. The average Bonchev–Trinajstić information content (AvgIpc) is 2.55. The van der Waals surface area contributed by atoms with E-state index in [0.717, 1.165) is 11.3 Å². The number of para-hydroxylation sites is 1. The molecule has 0 atom stereocenters. The minimum absolute atomic E-state index is 0.128. The Morgan fingerprint density at radius 1 is 1.00 bits per heavy atom. The first-order valence-electron chi connectivity index (χ1n) is 7.04. The van der Waals surface area contributed by atoms with Gasteiger partial charge < -0.3 is 0 Å². The molecule has 110 valence electrons. The number of rotatable bonds is 3. The quantitative estimate of drug-likeness (QED) is 0.738. The maximum atomic E-state index is 12.8. The second-order valence-corrected chi connectivity index (χ2v) is 5.43. The Bertz CT molecular complexity index is 842. The topological polar surface area (TPSA) is 34.9 Å². The van der Waals surface area contributed by atoms with E-state index < -0.39 is 0 Å². The first-order valence-corrected chi connectivity index (χ1v) is 7.42. The van der Waals surface area contributed by atoms with Gasteiger partial charge in [-0.2, -0.15) is 0 Å². The molecule has 22 heavy (non-hydrogen) atoms. The summed E-state index contributed by atoms with van der Waals surface area (Å²) in [6.45, 7) is 1.80. The van der Waals surface area contributed by atoms with Crippen LogP contribution in [-0.4, -0.2) is 9.55 Å². The molecule has 1 aromatic heterocycles. The summed E-state index contributed by atoms with van der Waals surface area (Å²) in [5.74, 6) is 0. The van der Waals surface area contributed by atoms with E-state index in [-0.39, 0.29) is 5.56 Å². The van der Waals surface area contributed by atoms with Gasteiger partial charge in [0, 0.05) is 12.1 Å². The van der Waals surface area contributed by atoms with Gasteiger partial charge in [0.05, 0.1) is 5.69 Å². The maximum absolute atomic E-state index is 12.8. The van der Waals surface area contributed by atoms with Crippen LogP contribution in [0.2, 0.25) is 5.15 Å². The van der Waals surface area contributed by atoms with E-state index in [2.05, 4.69) is 4.98 Å². The second-order valence-electron chi connectivity index (χ2n) is 5.07. The molecule has 3 nitrogen and oxygen atoms in total. The van der Waals surface area contributed by atoms with Crippen molar-refractivity contribution in [3.63, 3.8) is 0 Å². The van der Waals surface area contributed by atoms with Gasteiger partial charge in [-0.05, 0) is 24.6 Å². The van der Waals surface area contributed by atoms with E-state index in [1.54, 1.807) is 11.5 Å². The third-order valence-corrected chi connectivity index (χ3v) is 3.90. The Morgan fingerprint density at radius 3 is 2.23 bits per heavy atom. The zero-order chi connectivity index (χ0) is 15.5. The molecule has 0 saturated carbocycles. The van der Waals surface area contributed by atoms with Crippen molar-refractivity contribution in [2.45, 2.75) is 13.3 Å². The largest absolute Gasteiger partial charge is 0.277 e. The molecule has 0 amide bonds. The van der Waals surface area contributed by atoms with Crippen LogP contribution in [0.15, 0.2) is 65.5 Å². The Morgan fingerprint density at radius 2 is 1.59 bits per heavy atom. The fraction of sp³-hybridized carbons (Fsp3) is 0.111. The number of aromatic nitrogens is 2. The summed E-state index contributed by atoms with van der Waals surface area (Å²) in [5.41, 5.74) is 2.80. The maximum Gasteiger partial charge on any atom is 0.277 e. The molecule has 0 saturated heterocycles. The first-order chi connectivity index (χ1) is 10.7. The zero-order valence-corrected chi connectivity index (χ0v) is 12.9. The summed E-state index contributed by atoms with van der Waals surface area (Å²) < 4.78 is 1.62. The van der Waals surface area contributed by atoms with Crippen LogP contribution >= 0.6 is 11.6 Å². The van der Waals surface area contributed by atoms with E-state index in [9.17, 15) is 4.79 Å². The van der Waals surface area contributed by atoms with E-state index in [1.807, 2.05) is 60.7 Å². The van der Waals surface area contributed by atoms with Crippen molar-refractivity contribution in [2.75, 3.05) is 0 Å². The van der Waals surface area contributed by atoms with E-state index in [4.69, 9.17) is 11.6 Å². The summed E-state index contributed by atoms with van der Waals surface area (Å²) in [4.78, 5) is 17.1. The second kappa shape index (κ2) is 6.16. The fourth-order valence-corrected chi connectivity index (χ4v) is 2.60. The van der Waals surface area contributed by atoms with Gasteiger partial charge in [0.1, 0.15) is 10.8 Å². The average molecular weight is 311 g/mol. The van der Waals surface area contributed by atoms with Crippen LogP contribution in [0.1, 0.15) is 17.0 Å². The summed E-state index contributed by atoms with van der Waals surface area (Å²) in [7, 11) is 0. The van der Waals surface area contributed by atoms with Gasteiger partial charge in [-0.3, -0.25) is 9.36 Å². The lowest BCUT2D eigenvalue weighted by molar-refractivity contribution is 0.858. The van der Waals surface area contributed by atoms with Crippen molar-refractivity contribution in [3.05, 3.63) is 93.1 Å². The minimum atomic E-state index is -0.128. The van der Waals surface area contributed by atoms with Crippen molar-refractivity contribution in [1.82, 2.24) is 9.55 Å². The molecule has 0 radical (unpaired) electrons. The molecular weight excluding hydrogens is 296 g/mol. The monoisotopic (exact) mass is 310 g/mol. The van der Waals surface area contributed by atoms with Crippen LogP contribution in [0.25, 0.3) is 5.69 Å². The molecule has 0 aliphatic heterocycles. The summed E-state index contributed by atoms with van der Waals surface area (Å²) in [6, 6.07) is 19.3. The molecule has 0 bridgehead atoms. The highest BCUT2D eigenvalue weighted by atomic mass is 35.5. The van der Waals surface area contributed by atoms with Crippen LogP contribution in [0.3, 0.4) is 0 Å². The molecule has 2 aromatic carbocycles. The van der Waals surface area contributed by atoms with Gasteiger partial charge in [-0.1, -0.05) is 60.1 Å². The van der Waals surface area contributed by atoms with Gasteiger partial charge in [-0.25, -0.2) is 4.98 Å². The number of hydrogen-bond donors (Lipinski definition) is 0. The van der Waals surface area contributed by atoms with E-state index >= 15 is 0 Å². The van der Waals surface area contributed by atoms with Crippen LogP contribution in [0, 0.1) is 6.92 Å². The summed E-state index contributed by atoms with van der Waals surface area (Å²) in [6.07, 6.45) is 0.465. The first kappa shape index (κ1) is 14.5. The molecule has 0 unspecified atom stereocenters. The Labute approximate surface area is 133 Å². The number of nitrogens with zero attached hydrogens (tertiary/aromatic N) is 2. The zero-order valence-electron chi connectivity index (χ0n) is 12.2. The summed E-state index contributed by atoms with van der Waals surface area (Å²) >= 11 is 6.24. The SMILES string of the molecule is Cc1c(Cl)nc(Cc2ccccc2)c(=O)n1-c1ccccc1. The molecule has 3 aromatic rings. The van der Waals surface area contributed by atoms with Crippen LogP contribution in [0.4, 0.5) is 0 Å². The minimum Gasteiger partial charge on any atom is -0.277 e. The van der Waals surface area contributed by atoms with Crippen molar-refractivity contribution in [1.29, 1.82) is 0 Å². The molecule has 0 fully saturated rings. The molecule has 4 heteroatoms. The van der Waals surface area contributed by atoms with Gasteiger partial charge in [-0.15, -0.1) is 0 Å². The molecular formula is C18H15ClN2O. The molecule has 0 aliphatic rings. The lowest BCUT2D eigenvalue weighted by Gasteiger charge is -2.13. The highest BCUT2D eigenvalue weighted by Crippen LogP contribution is 2.16. The predicted octanol–water partition coefficient (Wildman–Crippen LogP) is 3.79. The lowest BCUT2D eigenvalue weighted by atomic mass is 10.1. The molecule has 0 aliphatic carbocycles. The molecule has 0 N–H and O–H groups in total. The summed E-state index contributed by atoms with van der Waals surface area (Å²) in [5, 5.41) is 0.356. The number of hydrogen-bond acceptors (Lipinski definition) is 2. The van der Waals surface area contributed by atoms with E-state index in [0.29, 0.717) is 23.0 Å². The van der Waals surface area contributed by atoms with Crippen LogP contribution < -0.4 is 5.56 Å². The van der Waals surface area contributed by atoms with E-state index in [1.165, 1.54) is 0 Å². The van der Waals surface area contributed by atoms with Gasteiger partial charge in [0.15, 0.2) is 0 Å². The van der Waals surface area contributed by atoms with Crippen LogP contribution in [0.5, 0.6) is 0 Å². The normalized spacial score (nSPS) is 10.6.